The van der Waals surface area contributed by atoms with Crippen LogP contribution in [0.3, 0.4) is 0 Å². The molecule has 1 heterocycles. The van der Waals surface area contributed by atoms with Crippen LogP contribution in [0.5, 0.6) is 0 Å². The second kappa shape index (κ2) is 9.37. The first-order valence-electron chi connectivity index (χ1n) is 9.06. The van der Waals surface area contributed by atoms with Gasteiger partial charge in [0.15, 0.2) is 0 Å². The Kier molecular flexibility index (Phi) is 6.65. The summed E-state index contributed by atoms with van der Waals surface area (Å²) >= 11 is 1.23. The van der Waals surface area contributed by atoms with E-state index >= 15 is 0 Å². The van der Waals surface area contributed by atoms with Gasteiger partial charge < -0.3 is 9.73 Å². The second-order valence-corrected chi connectivity index (χ2v) is 7.31. The molecule has 0 aliphatic rings. The molecule has 27 heavy (non-hydrogen) atoms. The van der Waals surface area contributed by atoms with Crippen molar-refractivity contribution in [2.75, 3.05) is 11.1 Å². The van der Waals surface area contributed by atoms with Crippen molar-refractivity contribution in [3.05, 3.63) is 59.7 Å². The molecule has 0 saturated carbocycles. The third kappa shape index (κ3) is 5.69. The highest BCUT2D eigenvalue weighted by molar-refractivity contribution is 7.99. The lowest BCUT2D eigenvalue weighted by molar-refractivity contribution is -0.113. The van der Waals surface area contributed by atoms with E-state index < -0.39 is 0 Å². The normalized spacial score (nSPS) is 10.7. The van der Waals surface area contributed by atoms with Crippen LogP contribution in [0.15, 0.2) is 58.2 Å². The topological polar surface area (TPSA) is 68.0 Å². The molecule has 5 nitrogen and oxygen atoms in total. The summed E-state index contributed by atoms with van der Waals surface area (Å²) in [5.41, 5.74) is 4.09. The van der Waals surface area contributed by atoms with Crippen LogP contribution in [0.25, 0.3) is 11.5 Å². The van der Waals surface area contributed by atoms with Crippen LogP contribution in [0, 0.1) is 6.92 Å². The zero-order chi connectivity index (χ0) is 19.1. The molecule has 1 N–H and O–H groups in total. The van der Waals surface area contributed by atoms with Gasteiger partial charge in [0.2, 0.25) is 11.8 Å². The number of anilines is 1. The summed E-state index contributed by atoms with van der Waals surface area (Å²) in [7, 11) is 0. The SMILES string of the molecule is CCCCc1ccc(NC(=O)CSc2nnc(-c3cccc(C)c3)o2)cc1. The van der Waals surface area contributed by atoms with Gasteiger partial charge in [-0.2, -0.15) is 0 Å². The van der Waals surface area contributed by atoms with Crippen LogP contribution < -0.4 is 5.32 Å². The molecule has 3 rings (SSSR count). The fourth-order valence-electron chi connectivity index (χ4n) is 2.62. The Bertz CT molecular complexity index is 890. The Labute approximate surface area is 163 Å². The molecule has 3 aromatic rings. The Morgan fingerprint density at radius 2 is 1.96 bits per heavy atom. The quantitative estimate of drug-likeness (QED) is 0.549. The van der Waals surface area contributed by atoms with Gasteiger partial charge in [-0.1, -0.05) is 54.9 Å². The number of nitrogens with one attached hydrogen (secondary N) is 1. The van der Waals surface area contributed by atoms with Crippen molar-refractivity contribution in [1.29, 1.82) is 0 Å². The molecule has 6 heteroatoms. The summed E-state index contributed by atoms with van der Waals surface area (Å²) < 4.78 is 5.64. The van der Waals surface area contributed by atoms with Crippen LogP contribution in [0.2, 0.25) is 0 Å². The monoisotopic (exact) mass is 381 g/mol. The summed E-state index contributed by atoms with van der Waals surface area (Å²) in [6, 6.07) is 15.9. The number of unbranched alkanes of at least 4 members (excludes halogenated alkanes) is 1. The molecule has 0 aliphatic heterocycles. The molecular formula is C21H23N3O2S. The average molecular weight is 382 g/mol. The molecule has 140 valence electrons. The van der Waals surface area contributed by atoms with Crippen LogP contribution in [0.4, 0.5) is 5.69 Å². The second-order valence-electron chi connectivity index (χ2n) is 6.38. The summed E-state index contributed by atoms with van der Waals surface area (Å²) in [6.07, 6.45) is 3.43. The number of thioether (sulfide) groups is 1. The number of aromatic nitrogens is 2. The number of amides is 1. The van der Waals surface area contributed by atoms with Gasteiger partial charge in [-0.15, -0.1) is 10.2 Å². The number of nitrogens with zero attached hydrogens (tertiary/aromatic N) is 2. The van der Waals surface area contributed by atoms with Crippen molar-refractivity contribution in [3.8, 4) is 11.5 Å². The highest BCUT2D eigenvalue weighted by Gasteiger charge is 2.11. The highest BCUT2D eigenvalue weighted by Crippen LogP contribution is 2.24. The van der Waals surface area contributed by atoms with E-state index in [0.717, 1.165) is 23.2 Å². The van der Waals surface area contributed by atoms with Crippen LogP contribution in [-0.2, 0) is 11.2 Å². The van der Waals surface area contributed by atoms with E-state index in [1.165, 1.54) is 30.2 Å². The first-order chi connectivity index (χ1) is 13.1. The molecule has 0 aliphatic carbocycles. The fourth-order valence-corrected chi connectivity index (χ4v) is 3.19. The maximum absolute atomic E-state index is 12.1. The Morgan fingerprint density at radius 3 is 2.70 bits per heavy atom. The van der Waals surface area contributed by atoms with Crippen molar-refractivity contribution in [1.82, 2.24) is 10.2 Å². The van der Waals surface area contributed by atoms with E-state index in [0.29, 0.717) is 11.1 Å². The fraction of sp³-hybridized carbons (Fsp3) is 0.286. The molecule has 1 amide bonds. The Balaban J connectivity index is 1.51. The summed E-state index contributed by atoms with van der Waals surface area (Å²) in [5, 5.41) is 11.3. The van der Waals surface area contributed by atoms with E-state index in [9.17, 15) is 4.79 Å². The van der Waals surface area contributed by atoms with Gasteiger partial charge in [0.25, 0.3) is 5.22 Å². The van der Waals surface area contributed by atoms with Gasteiger partial charge in [-0.05, 0) is 49.6 Å². The average Bonchev–Trinajstić information content (AvgIpc) is 3.15. The summed E-state index contributed by atoms with van der Waals surface area (Å²) in [4.78, 5) is 12.1. The molecule has 0 bridgehead atoms. The minimum absolute atomic E-state index is 0.100. The first kappa shape index (κ1) is 19.2. The van der Waals surface area contributed by atoms with Crippen LogP contribution in [-0.4, -0.2) is 21.9 Å². The van der Waals surface area contributed by atoms with Gasteiger partial charge in [-0.3, -0.25) is 4.79 Å². The lowest BCUT2D eigenvalue weighted by atomic mass is 10.1. The molecule has 0 atom stereocenters. The summed E-state index contributed by atoms with van der Waals surface area (Å²) in [5.74, 6) is 0.577. The molecular weight excluding hydrogens is 358 g/mol. The molecule has 0 unspecified atom stereocenters. The van der Waals surface area contributed by atoms with E-state index in [1.54, 1.807) is 0 Å². The predicted octanol–water partition coefficient (Wildman–Crippen LogP) is 5.12. The van der Waals surface area contributed by atoms with Crippen molar-refractivity contribution < 1.29 is 9.21 Å². The van der Waals surface area contributed by atoms with Gasteiger partial charge in [0, 0.05) is 11.3 Å². The molecule has 1 aromatic heterocycles. The lowest BCUT2D eigenvalue weighted by Crippen LogP contribution is -2.13. The number of aryl methyl sites for hydroxylation is 2. The number of carbonyl (C=O) groups excluding carboxylic acids is 1. The number of hydrogen-bond donors (Lipinski definition) is 1. The van der Waals surface area contributed by atoms with Crippen LogP contribution in [0.1, 0.15) is 30.9 Å². The highest BCUT2D eigenvalue weighted by atomic mass is 32.2. The van der Waals surface area contributed by atoms with E-state index in [4.69, 9.17) is 4.42 Å². The van der Waals surface area contributed by atoms with E-state index in [2.05, 4.69) is 34.6 Å². The maximum atomic E-state index is 12.1. The van der Waals surface area contributed by atoms with Gasteiger partial charge in [0.1, 0.15) is 0 Å². The Hall–Kier alpha value is -2.60. The Morgan fingerprint density at radius 1 is 1.15 bits per heavy atom. The van der Waals surface area contributed by atoms with Crippen molar-refractivity contribution in [2.45, 2.75) is 38.3 Å². The molecule has 0 fully saturated rings. The molecule has 0 radical (unpaired) electrons. The van der Waals surface area contributed by atoms with Crippen LogP contribution >= 0.6 is 11.8 Å². The van der Waals surface area contributed by atoms with E-state index in [-0.39, 0.29) is 11.7 Å². The smallest absolute Gasteiger partial charge is 0.277 e. The standard InChI is InChI=1S/C21H23N3O2S/c1-3-4-7-16-9-11-18(12-10-16)22-19(25)14-27-21-24-23-20(26-21)17-8-5-6-15(2)13-17/h5-6,8-13H,3-4,7,14H2,1-2H3,(H,22,25). The largest absolute Gasteiger partial charge is 0.411 e. The van der Waals surface area contributed by atoms with Gasteiger partial charge >= 0.3 is 0 Å². The van der Waals surface area contributed by atoms with Crippen molar-refractivity contribution in [3.63, 3.8) is 0 Å². The number of carbonyl (C=O) groups is 1. The van der Waals surface area contributed by atoms with Crippen molar-refractivity contribution in [2.24, 2.45) is 0 Å². The van der Waals surface area contributed by atoms with Gasteiger partial charge in [0.05, 0.1) is 5.75 Å². The zero-order valence-electron chi connectivity index (χ0n) is 15.6. The summed E-state index contributed by atoms with van der Waals surface area (Å²) in [6.45, 7) is 4.19. The molecule has 2 aromatic carbocycles. The molecule has 0 spiro atoms. The predicted molar refractivity (Wildman–Crippen MR) is 109 cm³/mol. The number of rotatable bonds is 8. The minimum Gasteiger partial charge on any atom is -0.411 e. The third-order valence-corrected chi connectivity index (χ3v) is 4.87. The third-order valence-electron chi connectivity index (χ3n) is 4.05. The molecule has 0 saturated heterocycles. The first-order valence-corrected chi connectivity index (χ1v) is 10.0. The number of benzene rings is 2. The minimum atomic E-state index is -0.100. The maximum Gasteiger partial charge on any atom is 0.277 e. The number of hydrogen-bond acceptors (Lipinski definition) is 5. The van der Waals surface area contributed by atoms with Crippen molar-refractivity contribution >= 4 is 23.4 Å². The van der Waals surface area contributed by atoms with E-state index in [1.807, 2.05) is 43.3 Å². The lowest BCUT2D eigenvalue weighted by Gasteiger charge is -2.05. The van der Waals surface area contributed by atoms with Gasteiger partial charge in [-0.25, -0.2) is 0 Å². The zero-order valence-corrected chi connectivity index (χ0v) is 16.4.